The van der Waals surface area contributed by atoms with Crippen LogP contribution in [0.1, 0.15) is 75.3 Å². The van der Waals surface area contributed by atoms with Crippen molar-refractivity contribution < 1.29 is 19.1 Å². The minimum atomic E-state index is -0.734. The summed E-state index contributed by atoms with van der Waals surface area (Å²) in [5, 5.41) is 3.86. The predicted octanol–water partition coefficient (Wildman–Crippen LogP) is 3.10. The molecule has 8 nitrogen and oxygen atoms in total. The lowest BCUT2D eigenvalue weighted by Gasteiger charge is -2.61. The highest BCUT2D eigenvalue weighted by Gasteiger charge is 2.62. The summed E-state index contributed by atoms with van der Waals surface area (Å²) in [5.41, 5.74) is -0.753. The van der Waals surface area contributed by atoms with Gasteiger partial charge >= 0.3 is 6.09 Å². The number of hydrogen-bond acceptors (Lipinski definition) is 6. The molecule has 8 heteroatoms. The van der Waals surface area contributed by atoms with E-state index in [2.05, 4.69) is 10.3 Å². The van der Waals surface area contributed by atoms with Gasteiger partial charge < -0.3 is 10.1 Å². The monoisotopic (exact) mass is 428 g/mol. The van der Waals surface area contributed by atoms with E-state index in [1.165, 1.54) is 6.20 Å². The molecule has 168 valence electrons. The average Bonchev–Trinajstić information content (AvgIpc) is 2.63. The van der Waals surface area contributed by atoms with Gasteiger partial charge in [0.25, 0.3) is 5.91 Å². The van der Waals surface area contributed by atoms with Crippen LogP contribution in [0.5, 0.6) is 0 Å². The van der Waals surface area contributed by atoms with Crippen molar-refractivity contribution >= 4 is 17.9 Å². The number of aryl methyl sites for hydroxylation is 1. The molecule has 0 saturated heterocycles. The third-order valence-electron chi connectivity index (χ3n) is 6.88. The third-order valence-corrected chi connectivity index (χ3v) is 6.88. The minimum absolute atomic E-state index is 0.285. The van der Waals surface area contributed by atoms with Gasteiger partial charge in [-0.15, -0.1) is 0 Å². The van der Waals surface area contributed by atoms with Crippen LogP contribution in [0, 0.1) is 24.2 Å². The highest BCUT2D eigenvalue weighted by molar-refractivity contribution is 6.05. The minimum Gasteiger partial charge on any atom is -0.444 e. The van der Waals surface area contributed by atoms with Crippen LogP contribution in [0.25, 0.3) is 0 Å². The van der Waals surface area contributed by atoms with Gasteiger partial charge in [0, 0.05) is 17.4 Å². The number of aromatic nitrogens is 1. The lowest BCUT2D eigenvalue weighted by molar-refractivity contribution is -0.158. The van der Waals surface area contributed by atoms with Gasteiger partial charge in [-0.1, -0.05) is 0 Å². The molecule has 4 aliphatic rings. The van der Waals surface area contributed by atoms with Crippen LogP contribution in [-0.4, -0.2) is 39.0 Å². The fraction of sp³-hybridized carbons (Fsp3) is 0.652. The number of carbonyl (C=O) groups excluding carboxylic acids is 3. The van der Waals surface area contributed by atoms with Crippen molar-refractivity contribution in [1.82, 2.24) is 15.3 Å². The van der Waals surface area contributed by atoms with Crippen molar-refractivity contribution in [3.8, 4) is 0 Å². The maximum absolute atomic E-state index is 13.6. The average molecular weight is 429 g/mol. The number of hydrogen-bond donors (Lipinski definition) is 2. The summed E-state index contributed by atoms with van der Waals surface area (Å²) >= 11 is 0. The lowest BCUT2D eigenvalue weighted by Crippen LogP contribution is -2.67. The van der Waals surface area contributed by atoms with Crippen molar-refractivity contribution in [2.24, 2.45) is 23.1 Å². The summed E-state index contributed by atoms with van der Waals surface area (Å²) < 4.78 is 5.49. The lowest BCUT2D eigenvalue weighted by atomic mass is 9.46. The highest BCUT2D eigenvalue weighted by atomic mass is 16.6. The first-order valence-corrected chi connectivity index (χ1v) is 11.0. The first kappa shape index (κ1) is 21.7. The van der Waals surface area contributed by atoms with Crippen LogP contribution in [0.4, 0.5) is 4.79 Å². The van der Waals surface area contributed by atoms with Gasteiger partial charge in [0.15, 0.2) is 0 Å². The van der Waals surface area contributed by atoms with Crippen molar-refractivity contribution in [2.45, 2.75) is 77.4 Å². The highest BCUT2D eigenvalue weighted by Crippen LogP contribution is 2.62. The predicted molar refractivity (Wildman–Crippen MR) is 114 cm³/mol. The Bertz CT molecular complexity index is 891. The number of rotatable bonds is 3. The van der Waals surface area contributed by atoms with Gasteiger partial charge in [-0.25, -0.2) is 15.6 Å². The number of nitrogens with zero attached hydrogens (tertiary/aromatic N) is 2. The number of nitrogens with one attached hydrogen (secondary N) is 1. The number of imide groups is 1. The molecule has 31 heavy (non-hydrogen) atoms. The molecular weight excluding hydrogens is 396 g/mol. The SMILES string of the molecule is Cc1ccc(C(=O)N(N)C(=O)C23CC4CC(CC(NC(=O)OC(C)(C)C)(C4)C2)C3)cn1. The van der Waals surface area contributed by atoms with E-state index in [1.807, 2.05) is 27.7 Å². The van der Waals surface area contributed by atoms with Gasteiger partial charge in [-0.05, 0) is 90.2 Å². The molecule has 1 aromatic heterocycles. The van der Waals surface area contributed by atoms with Gasteiger partial charge in [0.05, 0.1) is 11.0 Å². The number of nitrogens with two attached hydrogens (primary N) is 1. The van der Waals surface area contributed by atoms with Gasteiger partial charge in [0.1, 0.15) is 5.60 Å². The topological polar surface area (TPSA) is 115 Å². The Kier molecular flexibility index (Phi) is 5.11. The first-order valence-electron chi connectivity index (χ1n) is 11.0. The van der Waals surface area contributed by atoms with Gasteiger partial charge in [-0.2, -0.15) is 0 Å². The molecule has 5 rings (SSSR count). The van der Waals surface area contributed by atoms with Crippen LogP contribution in [0.2, 0.25) is 0 Å². The Labute approximate surface area is 182 Å². The molecule has 0 aromatic carbocycles. The van der Waals surface area contributed by atoms with E-state index in [-0.39, 0.29) is 11.5 Å². The van der Waals surface area contributed by atoms with Crippen molar-refractivity contribution in [3.63, 3.8) is 0 Å². The molecule has 4 saturated carbocycles. The molecular formula is C23H32N4O4. The molecule has 3 N–H and O–H groups in total. The molecule has 2 unspecified atom stereocenters. The molecule has 1 heterocycles. The summed E-state index contributed by atoms with van der Waals surface area (Å²) in [6.07, 6.45) is 5.58. The maximum atomic E-state index is 13.6. The number of alkyl carbamates (subject to hydrolysis) is 1. The molecule has 4 aliphatic carbocycles. The molecule has 0 radical (unpaired) electrons. The van der Waals surface area contributed by atoms with E-state index >= 15 is 0 Å². The zero-order valence-electron chi connectivity index (χ0n) is 18.7. The van der Waals surface area contributed by atoms with Crippen molar-refractivity contribution in [3.05, 3.63) is 29.6 Å². The zero-order valence-corrected chi connectivity index (χ0v) is 18.7. The summed E-state index contributed by atoms with van der Waals surface area (Å²) in [6, 6.07) is 3.35. The number of pyridine rings is 1. The van der Waals surface area contributed by atoms with Crippen LogP contribution in [0.3, 0.4) is 0 Å². The van der Waals surface area contributed by atoms with Crippen LogP contribution < -0.4 is 11.2 Å². The molecule has 1 aromatic rings. The van der Waals surface area contributed by atoms with Gasteiger partial charge in [0.2, 0.25) is 5.91 Å². The fourth-order valence-corrected chi connectivity index (χ4v) is 6.26. The van der Waals surface area contributed by atoms with Crippen LogP contribution >= 0.6 is 0 Å². The number of carbonyl (C=O) groups is 3. The molecule has 4 bridgehead atoms. The Morgan fingerprint density at radius 2 is 1.81 bits per heavy atom. The Morgan fingerprint density at radius 3 is 2.35 bits per heavy atom. The van der Waals surface area contributed by atoms with Crippen LogP contribution in [-0.2, 0) is 9.53 Å². The first-order chi connectivity index (χ1) is 14.4. The standard InChI is InChI=1S/C23H32N4O4/c1-14-5-6-17(12-25-14)18(28)27(24)19(29)22-8-15-7-16(9-22)11-23(10-15,13-22)26-20(30)31-21(2,3)4/h5-6,12,15-16H,7-11,13,24H2,1-4H3,(H,26,30). The maximum Gasteiger partial charge on any atom is 0.408 e. The number of hydrazine groups is 1. The summed E-state index contributed by atoms with van der Waals surface area (Å²) in [5.74, 6) is 5.81. The van der Waals surface area contributed by atoms with Crippen molar-refractivity contribution in [2.75, 3.05) is 0 Å². The van der Waals surface area contributed by atoms with E-state index in [9.17, 15) is 14.4 Å². The third kappa shape index (κ3) is 4.18. The van der Waals surface area contributed by atoms with Gasteiger partial charge in [-0.3, -0.25) is 14.6 Å². The van der Waals surface area contributed by atoms with Crippen molar-refractivity contribution in [1.29, 1.82) is 0 Å². The molecule has 4 fully saturated rings. The van der Waals surface area contributed by atoms with E-state index in [4.69, 9.17) is 10.6 Å². The second-order valence-electron chi connectivity index (χ2n) is 10.8. The molecule has 3 amide bonds. The largest absolute Gasteiger partial charge is 0.444 e. The second kappa shape index (κ2) is 7.29. The van der Waals surface area contributed by atoms with Crippen LogP contribution in [0.15, 0.2) is 18.3 Å². The summed E-state index contributed by atoms with van der Waals surface area (Å²) in [6.45, 7) is 7.31. The molecule has 0 aliphatic heterocycles. The molecule has 0 spiro atoms. The summed E-state index contributed by atoms with van der Waals surface area (Å²) in [7, 11) is 0. The quantitative estimate of drug-likeness (QED) is 0.331. The smallest absolute Gasteiger partial charge is 0.408 e. The zero-order chi connectivity index (χ0) is 22.6. The number of ether oxygens (including phenoxy) is 1. The Balaban J connectivity index is 1.55. The molecule has 2 atom stereocenters. The second-order valence-corrected chi connectivity index (χ2v) is 10.8. The summed E-state index contributed by atoms with van der Waals surface area (Å²) in [4.78, 5) is 43.1. The fourth-order valence-electron chi connectivity index (χ4n) is 6.26. The normalized spacial score (nSPS) is 31.3. The Hall–Kier alpha value is -2.48. The van der Waals surface area contributed by atoms with E-state index < -0.39 is 28.6 Å². The van der Waals surface area contributed by atoms with E-state index in [1.54, 1.807) is 12.1 Å². The number of amides is 3. The van der Waals surface area contributed by atoms with E-state index in [0.717, 1.165) is 30.0 Å². The Morgan fingerprint density at radius 1 is 1.16 bits per heavy atom. The van der Waals surface area contributed by atoms with E-state index in [0.29, 0.717) is 31.1 Å².